The monoisotopic (exact) mass is 245 g/mol. The normalized spacial score (nSPS) is 11.6. The van der Waals surface area contributed by atoms with Crippen LogP contribution in [-0.4, -0.2) is 47.5 Å². The number of aliphatic carboxylic acids is 1. The molecule has 0 fully saturated rings. The van der Waals surface area contributed by atoms with Gasteiger partial charge in [-0.2, -0.15) is 0 Å². The van der Waals surface area contributed by atoms with Gasteiger partial charge in [0.05, 0.1) is 5.92 Å². The maximum Gasteiger partial charge on any atom is 0.317 e. The number of carbonyl (C=O) groups excluding carboxylic acids is 2. The number of nitrogens with two attached hydrogens (primary N) is 1. The summed E-state index contributed by atoms with van der Waals surface area (Å²) < 4.78 is 0. The molecule has 17 heavy (non-hydrogen) atoms. The first kappa shape index (κ1) is 15.2. The van der Waals surface area contributed by atoms with Crippen LogP contribution in [-0.2, 0) is 9.59 Å². The highest BCUT2D eigenvalue weighted by atomic mass is 16.4. The van der Waals surface area contributed by atoms with Gasteiger partial charge in [-0.05, 0) is 6.92 Å². The average Bonchev–Trinajstić information content (AvgIpc) is 2.24. The van der Waals surface area contributed by atoms with Crippen LogP contribution in [0.4, 0.5) is 4.79 Å². The fourth-order valence-corrected chi connectivity index (χ4v) is 1.17. The summed E-state index contributed by atoms with van der Waals surface area (Å²) in [5.74, 6) is -2.07. The van der Waals surface area contributed by atoms with E-state index in [2.05, 4.69) is 5.32 Å². The molecule has 0 aliphatic carbocycles. The van der Waals surface area contributed by atoms with Crippen LogP contribution in [0.2, 0.25) is 0 Å². The highest BCUT2D eigenvalue weighted by molar-refractivity contribution is 5.77. The molecule has 0 saturated carbocycles. The van der Waals surface area contributed by atoms with Crippen LogP contribution in [0.3, 0.4) is 0 Å². The maximum atomic E-state index is 11.6. The molecule has 0 aromatic rings. The van der Waals surface area contributed by atoms with Crippen molar-refractivity contribution in [3.05, 3.63) is 0 Å². The first-order valence-corrected chi connectivity index (χ1v) is 5.42. The van der Waals surface area contributed by atoms with E-state index in [0.29, 0.717) is 6.54 Å². The predicted molar refractivity (Wildman–Crippen MR) is 61.3 cm³/mol. The van der Waals surface area contributed by atoms with E-state index in [-0.39, 0.29) is 25.5 Å². The zero-order chi connectivity index (χ0) is 13.4. The van der Waals surface area contributed by atoms with Gasteiger partial charge in [-0.15, -0.1) is 0 Å². The summed E-state index contributed by atoms with van der Waals surface area (Å²) in [6.07, 6.45) is 0.0672. The van der Waals surface area contributed by atoms with E-state index < -0.39 is 17.8 Å². The molecular formula is C10H19N3O4. The SMILES string of the molecule is CCN(CC(C)C(=O)O)C(=O)NCCC(N)=O. The van der Waals surface area contributed by atoms with Crippen molar-refractivity contribution < 1.29 is 19.5 Å². The lowest BCUT2D eigenvalue weighted by Crippen LogP contribution is -2.43. The molecule has 1 unspecified atom stereocenters. The van der Waals surface area contributed by atoms with Crippen LogP contribution in [0.1, 0.15) is 20.3 Å². The smallest absolute Gasteiger partial charge is 0.317 e. The van der Waals surface area contributed by atoms with Gasteiger partial charge in [0, 0.05) is 26.1 Å². The van der Waals surface area contributed by atoms with Crippen molar-refractivity contribution >= 4 is 17.9 Å². The summed E-state index contributed by atoms with van der Waals surface area (Å²) in [7, 11) is 0. The van der Waals surface area contributed by atoms with Gasteiger partial charge in [0.15, 0.2) is 0 Å². The van der Waals surface area contributed by atoms with Crippen molar-refractivity contribution in [3.8, 4) is 0 Å². The summed E-state index contributed by atoms with van der Waals surface area (Å²) in [6.45, 7) is 3.98. The van der Waals surface area contributed by atoms with Crippen molar-refractivity contribution in [1.82, 2.24) is 10.2 Å². The Morgan fingerprint density at radius 1 is 1.41 bits per heavy atom. The Kier molecular flexibility index (Phi) is 6.69. The molecule has 1 atom stereocenters. The molecule has 0 spiro atoms. The number of nitrogens with one attached hydrogen (secondary N) is 1. The molecule has 98 valence electrons. The van der Waals surface area contributed by atoms with Crippen LogP contribution in [0, 0.1) is 5.92 Å². The Labute approximate surface area is 100.0 Å². The summed E-state index contributed by atoms with van der Waals surface area (Å²) in [4.78, 5) is 34.1. The van der Waals surface area contributed by atoms with Crippen LogP contribution in [0.25, 0.3) is 0 Å². The Hall–Kier alpha value is -1.79. The molecule has 0 saturated heterocycles. The summed E-state index contributed by atoms with van der Waals surface area (Å²) in [5.41, 5.74) is 4.93. The number of amides is 3. The first-order chi connectivity index (χ1) is 7.88. The molecule has 0 rings (SSSR count). The standard InChI is InChI=1S/C10H19N3O4/c1-3-13(6-7(2)9(15)16)10(17)12-5-4-8(11)14/h7H,3-6H2,1-2H3,(H2,11,14)(H,12,17)(H,15,16). The zero-order valence-corrected chi connectivity index (χ0v) is 10.1. The highest BCUT2D eigenvalue weighted by Crippen LogP contribution is 2.00. The predicted octanol–water partition coefficient (Wildman–Crippen LogP) is -0.386. The molecule has 7 heteroatoms. The first-order valence-electron chi connectivity index (χ1n) is 5.42. The van der Waals surface area contributed by atoms with E-state index in [0.717, 1.165) is 0 Å². The van der Waals surface area contributed by atoms with Crippen LogP contribution in [0.5, 0.6) is 0 Å². The van der Waals surface area contributed by atoms with E-state index in [1.165, 1.54) is 11.8 Å². The van der Waals surface area contributed by atoms with Gasteiger partial charge < -0.3 is 21.1 Å². The van der Waals surface area contributed by atoms with Crippen LogP contribution in [0.15, 0.2) is 0 Å². The fourth-order valence-electron chi connectivity index (χ4n) is 1.17. The average molecular weight is 245 g/mol. The minimum atomic E-state index is -0.951. The highest BCUT2D eigenvalue weighted by Gasteiger charge is 2.18. The number of nitrogens with zero attached hydrogens (tertiary/aromatic N) is 1. The number of carbonyl (C=O) groups is 3. The van der Waals surface area contributed by atoms with Gasteiger partial charge in [-0.25, -0.2) is 4.79 Å². The van der Waals surface area contributed by atoms with Crippen molar-refractivity contribution in [2.75, 3.05) is 19.6 Å². The lowest BCUT2D eigenvalue weighted by atomic mass is 10.2. The number of carboxylic acids is 1. The molecule has 0 aromatic carbocycles. The van der Waals surface area contributed by atoms with Crippen LogP contribution >= 0.6 is 0 Å². The summed E-state index contributed by atoms with van der Waals surface area (Å²) in [6, 6.07) is -0.387. The molecule has 4 N–H and O–H groups in total. The van der Waals surface area contributed by atoms with Crippen LogP contribution < -0.4 is 11.1 Å². The van der Waals surface area contributed by atoms with E-state index in [1.54, 1.807) is 6.92 Å². The minimum absolute atomic E-state index is 0.0672. The van der Waals surface area contributed by atoms with Gasteiger partial charge in [0.25, 0.3) is 0 Å². The number of hydrogen-bond acceptors (Lipinski definition) is 3. The summed E-state index contributed by atoms with van der Waals surface area (Å²) in [5, 5.41) is 11.2. The zero-order valence-electron chi connectivity index (χ0n) is 10.1. The van der Waals surface area contributed by atoms with Gasteiger partial charge in [-0.1, -0.05) is 6.92 Å². The van der Waals surface area contributed by atoms with Crippen molar-refractivity contribution in [3.63, 3.8) is 0 Å². The Balaban J connectivity index is 4.12. The molecule has 0 bridgehead atoms. The molecule has 0 aliphatic heterocycles. The van der Waals surface area contributed by atoms with Crippen molar-refractivity contribution in [2.45, 2.75) is 20.3 Å². The second kappa shape index (κ2) is 7.48. The molecule has 0 aliphatic rings. The molecule has 0 radical (unpaired) electrons. The third-order valence-electron chi connectivity index (χ3n) is 2.23. The number of hydrogen-bond donors (Lipinski definition) is 3. The second-order valence-electron chi connectivity index (χ2n) is 3.73. The van der Waals surface area contributed by atoms with E-state index in [9.17, 15) is 14.4 Å². The molecule has 3 amide bonds. The number of rotatable bonds is 7. The number of carboxylic acid groups (broad SMARTS) is 1. The van der Waals surface area contributed by atoms with Crippen molar-refractivity contribution in [1.29, 1.82) is 0 Å². The molecule has 0 heterocycles. The van der Waals surface area contributed by atoms with Crippen molar-refractivity contribution in [2.24, 2.45) is 11.7 Å². The van der Waals surface area contributed by atoms with Gasteiger partial charge in [0.2, 0.25) is 5.91 Å². The Morgan fingerprint density at radius 2 is 2.00 bits per heavy atom. The number of urea groups is 1. The molecular weight excluding hydrogens is 226 g/mol. The lowest BCUT2D eigenvalue weighted by Gasteiger charge is -2.23. The largest absolute Gasteiger partial charge is 0.481 e. The van der Waals surface area contributed by atoms with Gasteiger partial charge >= 0.3 is 12.0 Å². The molecule has 7 nitrogen and oxygen atoms in total. The topological polar surface area (TPSA) is 113 Å². The summed E-state index contributed by atoms with van der Waals surface area (Å²) >= 11 is 0. The minimum Gasteiger partial charge on any atom is -0.481 e. The second-order valence-corrected chi connectivity index (χ2v) is 3.73. The van der Waals surface area contributed by atoms with E-state index in [4.69, 9.17) is 10.8 Å². The van der Waals surface area contributed by atoms with E-state index in [1.807, 2.05) is 0 Å². The fraction of sp³-hybridized carbons (Fsp3) is 0.700. The maximum absolute atomic E-state index is 11.6. The lowest BCUT2D eigenvalue weighted by molar-refractivity contribution is -0.141. The third kappa shape index (κ3) is 6.39. The Bertz CT molecular complexity index is 293. The Morgan fingerprint density at radius 3 is 2.41 bits per heavy atom. The van der Waals surface area contributed by atoms with Gasteiger partial charge in [-0.3, -0.25) is 9.59 Å². The number of primary amides is 1. The van der Waals surface area contributed by atoms with Gasteiger partial charge in [0.1, 0.15) is 0 Å². The molecule has 0 aromatic heterocycles. The third-order valence-corrected chi connectivity index (χ3v) is 2.23. The van der Waals surface area contributed by atoms with E-state index >= 15 is 0 Å². The quantitative estimate of drug-likeness (QED) is 0.567.